The zero-order valence-electron chi connectivity index (χ0n) is 11.0. The summed E-state index contributed by atoms with van der Waals surface area (Å²) >= 11 is 0. The number of phenolic OH excluding ortho intramolecular Hbond substituents is 1. The van der Waals surface area contributed by atoms with Crippen LogP contribution >= 0.6 is 0 Å². The lowest BCUT2D eigenvalue weighted by Crippen LogP contribution is -2.33. The van der Waals surface area contributed by atoms with Crippen LogP contribution in [0.3, 0.4) is 0 Å². The molecule has 2 rings (SSSR count). The number of hydrogen-bond acceptors (Lipinski definition) is 2. The summed E-state index contributed by atoms with van der Waals surface area (Å²) in [6.07, 6.45) is 3.88. The molecule has 1 aromatic rings. The van der Waals surface area contributed by atoms with Gasteiger partial charge in [-0.1, -0.05) is 26.3 Å². The number of phenols is 1. The predicted molar refractivity (Wildman–Crippen MR) is 72.4 cm³/mol. The smallest absolute Gasteiger partial charge is 0.120 e. The summed E-state index contributed by atoms with van der Waals surface area (Å²) in [5.74, 6) is 1.91. The van der Waals surface area contributed by atoms with Crippen LogP contribution < -0.4 is 5.32 Å². The van der Waals surface area contributed by atoms with E-state index in [0.29, 0.717) is 11.8 Å². The Morgan fingerprint density at radius 2 is 2.00 bits per heavy atom. The van der Waals surface area contributed by atoms with Crippen molar-refractivity contribution in [1.82, 2.24) is 0 Å². The number of anilines is 1. The summed E-state index contributed by atoms with van der Waals surface area (Å²) in [5, 5.41) is 13.3. The highest BCUT2D eigenvalue weighted by atomic mass is 16.3. The van der Waals surface area contributed by atoms with Crippen molar-refractivity contribution in [3.63, 3.8) is 0 Å². The fourth-order valence-corrected chi connectivity index (χ4v) is 2.65. The molecule has 3 unspecified atom stereocenters. The molecule has 0 aliphatic heterocycles. The van der Waals surface area contributed by atoms with Gasteiger partial charge in [0.15, 0.2) is 0 Å². The monoisotopic (exact) mass is 233 g/mol. The van der Waals surface area contributed by atoms with Crippen LogP contribution in [0.15, 0.2) is 18.2 Å². The Bertz CT molecular complexity index is 389. The Labute approximate surface area is 104 Å². The first kappa shape index (κ1) is 12.3. The summed E-state index contributed by atoms with van der Waals surface area (Å²) in [5.41, 5.74) is 1.97. The average Bonchev–Trinajstić information content (AvgIpc) is 2.29. The Kier molecular flexibility index (Phi) is 3.60. The van der Waals surface area contributed by atoms with E-state index >= 15 is 0 Å². The number of rotatable bonds is 2. The van der Waals surface area contributed by atoms with Gasteiger partial charge in [0.2, 0.25) is 0 Å². The second-order valence-electron chi connectivity index (χ2n) is 5.65. The molecule has 0 heterocycles. The van der Waals surface area contributed by atoms with E-state index in [1.54, 1.807) is 0 Å². The Balaban J connectivity index is 2.06. The lowest BCUT2D eigenvalue weighted by Gasteiger charge is -2.34. The molecule has 0 spiro atoms. The first-order valence-corrected chi connectivity index (χ1v) is 6.62. The number of benzene rings is 1. The van der Waals surface area contributed by atoms with Gasteiger partial charge < -0.3 is 10.4 Å². The molecule has 0 bridgehead atoms. The maximum atomic E-state index is 9.71. The van der Waals surface area contributed by atoms with Crippen molar-refractivity contribution in [3.05, 3.63) is 23.8 Å². The van der Waals surface area contributed by atoms with E-state index in [-0.39, 0.29) is 0 Å². The minimum absolute atomic E-state index is 0.381. The molecule has 1 fully saturated rings. The molecule has 0 saturated heterocycles. The third-order valence-corrected chi connectivity index (χ3v) is 4.02. The molecule has 0 aromatic heterocycles. The lowest BCUT2D eigenvalue weighted by molar-refractivity contribution is 0.280. The van der Waals surface area contributed by atoms with Crippen LogP contribution in [0.2, 0.25) is 0 Å². The minimum atomic E-state index is 0.381. The maximum absolute atomic E-state index is 9.71. The number of aryl methyl sites for hydroxylation is 1. The van der Waals surface area contributed by atoms with Crippen LogP contribution in [-0.4, -0.2) is 11.1 Å². The van der Waals surface area contributed by atoms with Crippen molar-refractivity contribution in [1.29, 1.82) is 0 Å². The predicted octanol–water partition coefficient (Wildman–Crippen LogP) is 3.94. The van der Waals surface area contributed by atoms with Crippen LogP contribution in [0, 0.1) is 18.8 Å². The molecular weight excluding hydrogens is 210 g/mol. The minimum Gasteiger partial charge on any atom is -0.508 e. The number of hydrogen-bond donors (Lipinski definition) is 2. The summed E-state index contributed by atoms with van der Waals surface area (Å²) in [7, 11) is 0. The van der Waals surface area contributed by atoms with Gasteiger partial charge in [-0.15, -0.1) is 0 Å². The summed E-state index contributed by atoms with van der Waals surface area (Å²) < 4.78 is 0. The van der Waals surface area contributed by atoms with E-state index in [0.717, 1.165) is 23.1 Å². The second kappa shape index (κ2) is 4.99. The maximum Gasteiger partial charge on any atom is 0.120 e. The third-order valence-electron chi connectivity index (χ3n) is 4.02. The molecule has 1 aliphatic rings. The molecule has 1 aliphatic carbocycles. The van der Waals surface area contributed by atoms with Gasteiger partial charge in [0, 0.05) is 17.8 Å². The largest absolute Gasteiger partial charge is 0.508 e. The van der Waals surface area contributed by atoms with Gasteiger partial charge in [0.25, 0.3) is 0 Å². The zero-order valence-corrected chi connectivity index (χ0v) is 11.0. The van der Waals surface area contributed by atoms with Gasteiger partial charge in [-0.05, 0) is 43.2 Å². The molecule has 1 aromatic carbocycles. The van der Waals surface area contributed by atoms with Crippen molar-refractivity contribution in [2.45, 2.75) is 46.1 Å². The van der Waals surface area contributed by atoms with Crippen LogP contribution in [0.25, 0.3) is 0 Å². The fourth-order valence-electron chi connectivity index (χ4n) is 2.65. The van der Waals surface area contributed by atoms with Gasteiger partial charge in [-0.3, -0.25) is 0 Å². The Hall–Kier alpha value is -1.18. The molecule has 2 N–H and O–H groups in total. The summed E-state index contributed by atoms with van der Waals surface area (Å²) in [6.45, 7) is 6.56. The molecule has 2 heteroatoms. The average molecular weight is 233 g/mol. The molecule has 0 radical (unpaired) electrons. The molecular formula is C15H23NO. The highest BCUT2D eigenvalue weighted by Crippen LogP contribution is 2.31. The summed E-state index contributed by atoms with van der Waals surface area (Å²) in [6, 6.07) is 6.40. The molecule has 94 valence electrons. The van der Waals surface area contributed by atoms with Gasteiger partial charge in [-0.25, -0.2) is 0 Å². The highest BCUT2D eigenvalue weighted by molar-refractivity contribution is 5.51. The topological polar surface area (TPSA) is 32.3 Å². The van der Waals surface area contributed by atoms with E-state index in [2.05, 4.69) is 25.2 Å². The van der Waals surface area contributed by atoms with E-state index in [1.165, 1.54) is 19.3 Å². The summed E-state index contributed by atoms with van der Waals surface area (Å²) in [4.78, 5) is 0. The van der Waals surface area contributed by atoms with Gasteiger partial charge in [-0.2, -0.15) is 0 Å². The normalized spacial score (nSPS) is 29.0. The van der Waals surface area contributed by atoms with Gasteiger partial charge in [0.05, 0.1) is 0 Å². The van der Waals surface area contributed by atoms with E-state index in [4.69, 9.17) is 0 Å². The SMILES string of the molecule is Cc1ccc(NC2CC(C)CCC2C)cc1O. The third kappa shape index (κ3) is 2.93. The van der Waals surface area contributed by atoms with Crippen LogP contribution in [0.1, 0.15) is 38.7 Å². The fraction of sp³-hybridized carbons (Fsp3) is 0.600. The lowest BCUT2D eigenvalue weighted by atomic mass is 9.80. The van der Waals surface area contributed by atoms with Gasteiger partial charge >= 0.3 is 0 Å². The van der Waals surface area contributed by atoms with Crippen LogP contribution in [0.4, 0.5) is 5.69 Å². The highest BCUT2D eigenvalue weighted by Gasteiger charge is 2.25. The molecule has 1 saturated carbocycles. The Morgan fingerprint density at radius 1 is 1.24 bits per heavy atom. The number of nitrogens with one attached hydrogen (secondary N) is 1. The number of aromatic hydroxyl groups is 1. The molecule has 0 amide bonds. The molecule has 2 nitrogen and oxygen atoms in total. The quantitative estimate of drug-likeness (QED) is 0.811. The molecule has 3 atom stereocenters. The first-order chi connectivity index (χ1) is 8.06. The van der Waals surface area contributed by atoms with Gasteiger partial charge in [0.1, 0.15) is 5.75 Å². The van der Waals surface area contributed by atoms with E-state index < -0.39 is 0 Å². The van der Waals surface area contributed by atoms with Crippen molar-refractivity contribution in [2.24, 2.45) is 11.8 Å². The van der Waals surface area contributed by atoms with Crippen molar-refractivity contribution in [2.75, 3.05) is 5.32 Å². The standard InChI is InChI=1S/C15H23NO/c1-10-4-5-11(2)14(8-10)16-13-7-6-12(3)15(17)9-13/h6-7,9-11,14,16-17H,4-5,8H2,1-3H3. The van der Waals surface area contributed by atoms with Crippen molar-refractivity contribution >= 4 is 5.69 Å². The first-order valence-electron chi connectivity index (χ1n) is 6.62. The van der Waals surface area contributed by atoms with Crippen molar-refractivity contribution in [3.8, 4) is 5.75 Å². The van der Waals surface area contributed by atoms with Crippen LogP contribution in [-0.2, 0) is 0 Å². The Morgan fingerprint density at radius 3 is 2.71 bits per heavy atom. The van der Waals surface area contributed by atoms with Crippen molar-refractivity contribution < 1.29 is 5.11 Å². The van der Waals surface area contributed by atoms with Crippen LogP contribution in [0.5, 0.6) is 5.75 Å². The van der Waals surface area contributed by atoms with E-state index in [9.17, 15) is 5.11 Å². The second-order valence-corrected chi connectivity index (χ2v) is 5.65. The molecule has 17 heavy (non-hydrogen) atoms. The zero-order chi connectivity index (χ0) is 12.4. The van der Waals surface area contributed by atoms with E-state index in [1.807, 2.05) is 19.1 Å².